The van der Waals surface area contributed by atoms with E-state index in [0.29, 0.717) is 16.6 Å². The van der Waals surface area contributed by atoms with Gasteiger partial charge in [-0.1, -0.05) is 23.4 Å². The first kappa shape index (κ1) is 9.48. The molecule has 6 heteroatoms. The van der Waals surface area contributed by atoms with Crippen LogP contribution in [0.25, 0.3) is 0 Å². The zero-order chi connectivity index (χ0) is 9.97. The van der Waals surface area contributed by atoms with Crippen molar-refractivity contribution < 1.29 is 4.79 Å². The van der Waals surface area contributed by atoms with Crippen LogP contribution < -0.4 is 5.01 Å². The summed E-state index contributed by atoms with van der Waals surface area (Å²) in [6.07, 6.45) is 3.20. The van der Waals surface area contributed by atoms with Gasteiger partial charge in [0.05, 0.1) is 17.6 Å². The molecule has 14 heavy (non-hydrogen) atoms. The summed E-state index contributed by atoms with van der Waals surface area (Å²) in [7, 11) is 0. The zero-order valence-corrected chi connectivity index (χ0v) is 8.63. The quantitative estimate of drug-likeness (QED) is 0.740. The van der Waals surface area contributed by atoms with E-state index in [1.807, 2.05) is 0 Å². The first-order chi connectivity index (χ1) is 6.77. The first-order valence-corrected chi connectivity index (χ1v) is 5.23. The van der Waals surface area contributed by atoms with Gasteiger partial charge < -0.3 is 0 Å². The fourth-order valence-corrected chi connectivity index (χ4v) is 1.81. The van der Waals surface area contributed by atoms with Crippen LogP contribution in [0.4, 0.5) is 10.5 Å². The molecule has 0 spiro atoms. The lowest BCUT2D eigenvalue weighted by Gasteiger charge is -2.19. The van der Waals surface area contributed by atoms with Gasteiger partial charge in [-0.2, -0.15) is 10.1 Å². The van der Waals surface area contributed by atoms with Crippen LogP contribution in [-0.4, -0.2) is 21.1 Å². The Morgan fingerprint density at radius 1 is 1.57 bits per heavy atom. The monoisotopic (exact) mass is 227 g/mol. The van der Waals surface area contributed by atoms with E-state index < -0.39 is 0 Å². The molecule has 4 nitrogen and oxygen atoms in total. The molecule has 0 N–H and O–H groups in total. The molecule has 0 atom stereocenters. The van der Waals surface area contributed by atoms with Gasteiger partial charge in [-0.3, -0.25) is 9.78 Å². The number of hydrogen-bond acceptors (Lipinski definition) is 4. The molecule has 0 unspecified atom stereocenters. The van der Waals surface area contributed by atoms with E-state index in [1.54, 1.807) is 24.5 Å². The second-order valence-corrected chi connectivity index (χ2v) is 3.92. The second-order valence-electron chi connectivity index (χ2n) is 2.55. The van der Waals surface area contributed by atoms with Crippen LogP contribution in [0.2, 0.25) is 0 Å². The van der Waals surface area contributed by atoms with Crippen LogP contribution in [0.5, 0.6) is 0 Å². The predicted octanol–water partition coefficient (Wildman–Crippen LogP) is 2.31. The Hall–Kier alpha value is -1.07. The van der Waals surface area contributed by atoms with E-state index in [0.717, 1.165) is 11.8 Å². The molecule has 2 heterocycles. The lowest BCUT2D eigenvalue weighted by Crippen LogP contribution is -2.27. The Kier molecular flexibility index (Phi) is 2.69. The van der Waals surface area contributed by atoms with Crippen molar-refractivity contribution in [2.24, 2.45) is 5.10 Å². The highest BCUT2D eigenvalue weighted by atomic mass is 35.5. The van der Waals surface area contributed by atoms with Crippen LogP contribution in [0.1, 0.15) is 0 Å². The average molecular weight is 228 g/mol. The summed E-state index contributed by atoms with van der Waals surface area (Å²) >= 11 is 6.87. The Morgan fingerprint density at radius 2 is 2.43 bits per heavy atom. The maximum atomic E-state index is 11.4. The van der Waals surface area contributed by atoms with Gasteiger partial charge in [-0.05, 0) is 12.1 Å². The summed E-state index contributed by atoms with van der Waals surface area (Å²) in [5.74, 6) is 0.442. The molecular weight excluding hydrogens is 222 g/mol. The van der Waals surface area contributed by atoms with Gasteiger partial charge in [0, 0.05) is 6.20 Å². The zero-order valence-electron chi connectivity index (χ0n) is 7.05. The third-order valence-electron chi connectivity index (χ3n) is 1.59. The van der Waals surface area contributed by atoms with Gasteiger partial charge in [-0.25, -0.2) is 0 Å². The standard InChI is InChI=1S/C8H6ClN3OS/c9-7-5-14-8(13)12(11-7)6-2-1-3-10-4-6/h1-4H,5H2. The number of hydrogen-bond donors (Lipinski definition) is 0. The third kappa shape index (κ3) is 1.88. The number of pyridine rings is 1. The Balaban J connectivity index is 2.34. The lowest BCUT2D eigenvalue weighted by atomic mass is 10.4. The second kappa shape index (κ2) is 3.98. The number of hydrazone groups is 1. The SMILES string of the molecule is O=C1SCC(Cl)=NN1c1cccnc1. The number of amides is 1. The minimum atomic E-state index is -0.137. The number of anilines is 1. The molecule has 0 aromatic carbocycles. The number of carbonyl (C=O) groups is 1. The van der Waals surface area contributed by atoms with E-state index >= 15 is 0 Å². The van der Waals surface area contributed by atoms with Crippen molar-refractivity contribution in [3.63, 3.8) is 0 Å². The Morgan fingerprint density at radius 3 is 3.14 bits per heavy atom. The summed E-state index contributed by atoms with van der Waals surface area (Å²) in [4.78, 5) is 15.3. The van der Waals surface area contributed by atoms with E-state index in [-0.39, 0.29) is 5.24 Å². The van der Waals surface area contributed by atoms with Gasteiger partial charge in [0.15, 0.2) is 0 Å². The predicted molar refractivity (Wildman–Crippen MR) is 57.9 cm³/mol. The molecule has 0 saturated heterocycles. The molecule has 1 aliphatic heterocycles. The Labute approximate surface area is 90.0 Å². The number of rotatable bonds is 1. The number of halogens is 1. The minimum absolute atomic E-state index is 0.137. The van der Waals surface area contributed by atoms with Crippen LogP contribution in [-0.2, 0) is 0 Å². The van der Waals surface area contributed by atoms with Gasteiger partial charge in [0.25, 0.3) is 0 Å². The van der Waals surface area contributed by atoms with Crippen molar-refractivity contribution >= 4 is 39.5 Å². The van der Waals surface area contributed by atoms with E-state index in [2.05, 4.69) is 10.1 Å². The maximum Gasteiger partial charge on any atom is 0.307 e. The van der Waals surface area contributed by atoms with E-state index in [9.17, 15) is 4.79 Å². The van der Waals surface area contributed by atoms with E-state index in [1.165, 1.54) is 5.01 Å². The highest BCUT2D eigenvalue weighted by Gasteiger charge is 2.21. The van der Waals surface area contributed by atoms with Gasteiger partial charge in [0.1, 0.15) is 5.17 Å². The summed E-state index contributed by atoms with van der Waals surface area (Å²) in [5.41, 5.74) is 0.628. The van der Waals surface area contributed by atoms with Gasteiger partial charge >= 0.3 is 5.24 Å². The molecule has 72 valence electrons. The first-order valence-electron chi connectivity index (χ1n) is 3.87. The van der Waals surface area contributed by atoms with Crippen molar-refractivity contribution in [1.29, 1.82) is 0 Å². The van der Waals surface area contributed by atoms with Crippen molar-refractivity contribution in [2.45, 2.75) is 0 Å². The molecule has 0 fully saturated rings. The van der Waals surface area contributed by atoms with Crippen molar-refractivity contribution in [1.82, 2.24) is 4.98 Å². The number of aromatic nitrogens is 1. The highest BCUT2D eigenvalue weighted by Crippen LogP contribution is 2.23. The van der Waals surface area contributed by atoms with Gasteiger partial charge in [0.2, 0.25) is 0 Å². The fraction of sp³-hybridized carbons (Fsp3) is 0.125. The van der Waals surface area contributed by atoms with Crippen molar-refractivity contribution in [3.05, 3.63) is 24.5 Å². The van der Waals surface area contributed by atoms with Crippen molar-refractivity contribution in [2.75, 3.05) is 10.8 Å². The van der Waals surface area contributed by atoms with E-state index in [4.69, 9.17) is 11.6 Å². The average Bonchev–Trinajstić information content (AvgIpc) is 2.23. The van der Waals surface area contributed by atoms with Crippen LogP contribution >= 0.6 is 23.4 Å². The van der Waals surface area contributed by atoms with Crippen LogP contribution in [0, 0.1) is 0 Å². The number of thioether (sulfide) groups is 1. The maximum absolute atomic E-state index is 11.4. The van der Waals surface area contributed by atoms with Crippen LogP contribution in [0.3, 0.4) is 0 Å². The Bertz CT molecular complexity index is 381. The smallest absolute Gasteiger partial charge is 0.262 e. The number of nitrogens with zero attached hydrogens (tertiary/aromatic N) is 3. The molecule has 0 bridgehead atoms. The summed E-state index contributed by atoms with van der Waals surface area (Å²) in [6.45, 7) is 0. The topological polar surface area (TPSA) is 45.6 Å². The molecular formula is C8H6ClN3OS. The van der Waals surface area contributed by atoms with Crippen LogP contribution in [0.15, 0.2) is 29.6 Å². The molecule has 1 aromatic rings. The number of carbonyl (C=O) groups excluding carboxylic acids is 1. The summed E-state index contributed by atoms with van der Waals surface area (Å²) in [6, 6.07) is 3.50. The molecule has 0 radical (unpaired) electrons. The highest BCUT2D eigenvalue weighted by molar-refractivity contribution is 8.14. The summed E-state index contributed by atoms with van der Waals surface area (Å²) in [5, 5.41) is 5.47. The molecule has 1 amide bonds. The third-order valence-corrected chi connectivity index (χ3v) is 2.79. The fourth-order valence-electron chi connectivity index (χ4n) is 1.00. The lowest BCUT2D eigenvalue weighted by molar-refractivity contribution is 0.265. The minimum Gasteiger partial charge on any atom is -0.262 e. The molecule has 1 aromatic heterocycles. The molecule has 1 aliphatic rings. The van der Waals surface area contributed by atoms with Gasteiger partial charge in [-0.15, -0.1) is 0 Å². The normalized spacial score (nSPS) is 16.8. The molecule has 0 saturated carbocycles. The summed E-state index contributed by atoms with van der Waals surface area (Å²) < 4.78 is 0. The molecule has 0 aliphatic carbocycles. The van der Waals surface area contributed by atoms with Crippen molar-refractivity contribution in [3.8, 4) is 0 Å². The molecule has 2 rings (SSSR count). The largest absolute Gasteiger partial charge is 0.307 e.